The lowest BCUT2D eigenvalue weighted by Crippen LogP contribution is -2.53. The van der Waals surface area contributed by atoms with Crippen LogP contribution in [0, 0.1) is 5.82 Å². The molecular formula is C16H22FNO2. The number of hydrogen-bond acceptors (Lipinski definition) is 3. The zero-order valence-electron chi connectivity index (χ0n) is 12.1. The Morgan fingerprint density at radius 2 is 2.25 bits per heavy atom. The van der Waals surface area contributed by atoms with E-state index in [-0.39, 0.29) is 23.1 Å². The van der Waals surface area contributed by atoms with Crippen LogP contribution in [0.1, 0.15) is 51.1 Å². The Bertz CT molecular complexity index is 521. The van der Waals surface area contributed by atoms with Gasteiger partial charge in [0, 0.05) is 30.9 Å². The third kappa shape index (κ3) is 2.31. The molecule has 3 unspecified atom stereocenters. The highest BCUT2D eigenvalue weighted by Crippen LogP contribution is 2.47. The van der Waals surface area contributed by atoms with E-state index < -0.39 is 0 Å². The van der Waals surface area contributed by atoms with Crippen LogP contribution in [-0.4, -0.2) is 17.8 Å². The van der Waals surface area contributed by atoms with Crippen LogP contribution in [-0.2, 0) is 4.74 Å². The molecule has 20 heavy (non-hydrogen) atoms. The molecule has 2 aliphatic heterocycles. The minimum atomic E-state index is -0.271. The van der Waals surface area contributed by atoms with Crippen LogP contribution in [0.5, 0.6) is 5.75 Å². The van der Waals surface area contributed by atoms with Gasteiger partial charge in [-0.25, -0.2) is 4.39 Å². The quantitative estimate of drug-likeness (QED) is 0.857. The highest BCUT2D eigenvalue weighted by molar-refractivity contribution is 5.39. The van der Waals surface area contributed by atoms with Crippen molar-refractivity contribution in [1.82, 2.24) is 0 Å². The van der Waals surface area contributed by atoms with Crippen molar-refractivity contribution in [3.05, 3.63) is 29.6 Å². The molecule has 2 aliphatic rings. The third-order valence-corrected chi connectivity index (χ3v) is 4.74. The molecule has 110 valence electrons. The van der Waals surface area contributed by atoms with Crippen LogP contribution in [0.3, 0.4) is 0 Å². The second kappa shape index (κ2) is 4.71. The molecule has 0 aromatic heterocycles. The van der Waals surface area contributed by atoms with Gasteiger partial charge in [-0.3, -0.25) is 0 Å². The lowest BCUT2D eigenvalue weighted by molar-refractivity contribution is -0.151. The molecule has 3 rings (SSSR count). The van der Waals surface area contributed by atoms with E-state index in [0.717, 1.165) is 37.0 Å². The van der Waals surface area contributed by atoms with E-state index in [1.807, 2.05) is 0 Å². The van der Waals surface area contributed by atoms with Crippen LogP contribution in [0.2, 0.25) is 0 Å². The van der Waals surface area contributed by atoms with Crippen LogP contribution in [0.4, 0.5) is 4.39 Å². The first-order chi connectivity index (χ1) is 9.45. The van der Waals surface area contributed by atoms with E-state index in [2.05, 4.69) is 13.8 Å². The summed E-state index contributed by atoms with van der Waals surface area (Å²) >= 11 is 0. The summed E-state index contributed by atoms with van der Waals surface area (Å²) in [5, 5.41) is 0. The van der Waals surface area contributed by atoms with Gasteiger partial charge in [-0.05, 0) is 31.5 Å². The molecule has 0 saturated carbocycles. The summed E-state index contributed by atoms with van der Waals surface area (Å²) in [7, 11) is 0. The maximum Gasteiger partial charge on any atom is 0.125 e. The molecule has 1 aromatic carbocycles. The third-order valence-electron chi connectivity index (χ3n) is 4.74. The molecule has 0 bridgehead atoms. The molecule has 1 saturated heterocycles. The Balaban J connectivity index is 1.92. The molecule has 1 aromatic rings. The van der Waals surface area contributed by atoms with E-state index in [1.165, 1.54) is 12.1 Å². The van der Waals surface area contributed by atoms with Crippen LogP contribution >= 0.6 is 0 Å². The van der Waals surface area contributed by atoms with E-state index in [9.17, 15) is 4.39 Å². The Morgan fingerprint density at radius 3 is 3.00 bits per heavy atom. The Kier molecular flexibility index (Phi) is 3.26. The van der Waals surface area contributed by atoms with Crippen molar-refractivity contribution in [2.75, 3.05) is 6.61 Å². The number of rotatable bonds is 1. The molecule has 2 N–H and O–H groups in total. The predicted octanol–water partition coefficient (Wildman–Crippen LogP) is 3.33. The van der Waals surface area contributed by atoms with Gasteiger partial charge in [0.2, 0.25) is 0 Å². The number of benzene rings is 1. The summed E-state index contributed by atoms with van der Waals surface area (Å²) < 4.78 is 25.5. The summed E-state index contributed by atoms with van der Waals surface area (Å²) in [6, 6.07) is 4.45. The lowest BCUT2D eigenvalue weighted by atomic mass is 9.75. The van der Waals surface area contributed by atoms with Crippen molar-refractivity contribution >= 4 is 0 Å². The molecule has 3 nitrogen and oxygen atoms in total. The lowest BCUT2D eigenvalue weighted by Gasteiger charge is -2.49. The average Bonchev–Trinajstić information content (AvgIpc) is 2.40. The second-order valence-electron chi connectivity index (χ2n) is 6.36. The smallest absolute Gasteiger partial charge is 0.125 e. The van der Waals surface area contributed by atoms with Crippen molar-refractivity contribution in [1.29, 1.82) is 0 Å². The van der Waals surface area contributed by atoms with E-state index in [0.29, 0.717) is 6.61 Å². The fourth-order valence-corrected chi connectivity index (χ4v) is 3.48. The number of ether oxygens (including phenoxy) is 2. The maximum absolute atomic E-state index is 13.3. The van der Waals surface area contributed by atoms with Gasteiger partial charge >= 0.3 is 0 Å². The second-order valence-corrected chi connectivity index (χ2v) is 6.36. The normalized spacial score (nSPS) is 36.5. The fraction of sp³-hybridized carbons (Fsp3) is 0.625. The summed E-state index contributed by atoms with van der Waals surface area (Å²) in [6.07, 6.45) is 3.35. The first-order valence-corrected chi connectivity index (χ1v) is 7.33. The standard InChI is InChI=1S/C16H22FNO2/c1-3-15(2)10-16(6-7-19-15)9-13(18)12-8-11(17)4-5-14(12)20-16/h4-5,8,13H,3,6-7,9-10,18H2,1-2H3. The van der Waals surface area contributed by atoms with Gasteiger partial charge in [0.25, 0.3) is 0 Å². The number of nitrogens with two attached hydrogens (primary N) is 1. The summed E-state index contributed by atoms with van der Waals surface area (Å²) in [4.78, 5) is 0. The first kappa shape index (κ1) is 13.8. The van der Waals surface area contributed by atoms with Crippen molar-refractivity contribution in [2.45, 2.75) is 56.8 Å². The molecule has 1 spiro atoms. The SMILES string of the molecule is CCC1(C)CC2(CCO1)CC(N)c1cc(F)ccc1O2. The van der Waals surface area contributed by atoms with Gasteiger partial charge in [-0.15, -0.1) is 0 Å². The van der Waals surface area contributed by atoms with Crippen molar-refractivity contribution < 1.29 is 13.9 Å². The van der Waals surface area contributed by atoms with Crippen LogP contribution < -0.4 is 10.5 Å². The first-order valence-electron chi connectivity index (χ1n) is 7.33. The van der Waals surface area contributed by atoms with Crippen molar-refractivity contribution in [3.8, 4) is 5.75 Å². The van der Waals surface area contributed by atoms with E-state index in [4.69, 9.17) is 15.2 Å². The number of halogens is 1. The Labute approximate surface area is 119 Å². The Hall–Kier alpha value is -1.13. The Morgan fingerprint density at radius 1 is 1.45 bits per heavy atom. The monoisotopic (exact) mass is 279 g/mol. The van der Waals surface area contributed by atoms with Gasteiger partial charge in [0.15, 0.2) is 0 Å². The van der Waals surface area contributed by atoms with E-state index in [1.54, 1.807) is 6.07 Å². The van der Waals surface area contributed by atoms with Gasteiger partial charge in [0.05, 0.1) is 12.2 Å². The minimum Gasteiger partial charge on any atom is -0.487 e. The van der Waals surface area contributed by atoms with Gasteiger partial charge < -0.3 is 15.2 Å². The zero-order valence-corrected chi connectivity index (χ0v) is 12.1. The van der Waals surface area contributed by atoms with Crippen LogP contribution in [0.15, 0.2) is 18.2 Å². The van der Waals surface area contributed by atoms with Gasteiger partial charge in [-0.2, -0.15) is 0 Å². The summed E-state index contributed by atoms with van der Waals surface area (Å²) in [5.41, 5.74) is 6.61. The van der Waals surface area contributed by atoms with Gasteiger partial charge in [-0.1, -0.05) is 6.92 Å². The largest absolute Gasteiger partial charge is 0.487 e. The zero-order chi connectivity index (χ0) is 14.4. The molecule has 4 heteroatoms. The molecular weight excluding hydrogens is 257 g/mol. The van der Waals surface area contributed by atoms with E-state index >= 15 is 0 Å². The summed E-state index contributed by atoms with van der Waals surface area (Å²) in [6.45, 7) is 4.95. The molecule has 0 amide bonds. The number of hydrogen-bond donors (Lipinski definition) is 1. The molecule has 3 atom stereocenters. The average molecular weight is 279 g/mol. The van der Waals surface area contributed by atoms with Crippen LogP contribution in [0.25, 0.3) is 0 Å². The van der Waals surface area contributed by atoms with Crippen molar-refractivity contribution in [2.24, 2.45) is 5.73 Å². The fourth-order valence-electron chi connectivity index (χ4n) is 3.48. The van der Waals surface area contributed by atoms with Gasteiger partial charge in [0.1, 0.15) is 17.2 Å². The predicted molar refractivity (Wildman–Crippen MR) is 75.2 cm³/mol. The molecule has 1 fully saturated rings. The minimum absolute atomic E-state index is 0.157. The molecule has 2 heterocycles. The van der Waals surface area contributed by atoms with Crippen molar-refractivity contribution in [3.63, 3.8) is 0 Å². The highest BCUT2D eigenvalue weighted by Gasteiger charge is 2.47. The highest BCUT2D eigenvalue weighted by atomic mass is 19.1. The maximum atomic E-state index is 13.3. The summed E-state index contributed by atoms with van der Waals surface area (Å²) in [5.74, 6) is 0.467. The topological polar surface area (TPSA) is 44.5 Å². The molecule has 0 aliphatic carbocycles. The number of fused-ring (bicyclic) bond motifs is 1. The molecule has 0 radical (unpaired) electrons.